The van der Waals surface area contributed by atoms with Gasteiger partial charge in [-0.05, 0) is 88.4 Å². The Morgan fingerprint density at radius 1 is 0.613 bits per heavy atom. The first-order valence-corrected chi connectivity index (χ1v) is 31.7. The number of sulfone groups is 2. The van der Waals surface area contributed by atoms with Gasteiger partial charge < -0.3 is 19.6 Å². The summed E-state index contributed by atoms with van der Waals surface area (Å²) in [5.41, 5.74) is -1.24. The Morgan fingerprint density at radius 3 is 1.35 bits per heavy atom. The van der Waals surface area contributed by atoms with Crippen LogP contribution in [0.3, 0.4) is 0 Å². The molecule has 75 heavy (non-hydrogen) atoms. The maximum absolute atomic E-state index is 14.2. The zero-order chi connectivity index (χ0) is 55.1. The maximum Gasteiger partial charge on any atom is 0.329 e. The van der Waals surface area contributed by atoms with Gasteiger partial charge >= 0.3 is 11.9 Å². The van der Waals surface area contributed by atoms with E-state index in [1.165, 1.54) is 4.90 Å². The molecule has 10 atom stereocenters. The lowest BCUT2D eigenvalue weighted by Gasteiger charge is -2.47. The van der Waals surface area contributed by atoms with Crippen LogP contribution in [0.4, 0.5) is 0 Å². The number of piperidine rings is 2. The number of carboxylic acids is 1. The standard InChI is InChI=1S/C33H47NO6S.C26H41NO6S/c1-31(2,3)24(18-23(35)19-33(15-10-7-11-16-33)26-14-17-41(26,38)39)29(36)34-20-25-27(32(25,4)5)28(34)30(37)40-21-22-12-8-6-9-13-22;1-24(2,3)17(22(29)27-15-18-20(25(18,4)5)21(27)23(30)31)13-16(28)14-26(10-7-6-8-11-26)19-9-12-34(19,32)33/h6,8-9,12-13,24-28H,7,10-11,14-21H2,1-5H3;17-21H,6-15H2,1-5H3,(H,30,31)/t24-,25+,26+,27+,28+;17-,18+,19+,20+,21+/m11/s1. The predicted octanol–water partition coefficient (Wildman–Crippen LogP) is 9.07. The number of esters is 1. The largest absolute Gasteiger partial charge is 0.480 e. The molecule has 4 aliphatic carbocycles. The van der Waals surface area contributed by atoms with E-state index in [2.05, 4.69) is 27.7 Å². The van der Waals surface area contributed by atoms with Crippen LogP contribution in [-0.2, 0) is 59.8 Å². The number of ether oxygens (including phenoxy) is 1. The fourth-order valence-corrected chi connectivity index (χ4v) is 19.5. The summed E-state index contributed by atoms with van der Waals surface area (Å²) < 4.78 is 56.2. The lowest BCUT2D eigenvalue weighted by molar-refractivity contribution is -0.159. The monoisotopic (exact) mass is 1080 g/mol. The van der Waals surface area contributed by atoms with Crippen LogP contribution in [0.15, 0.2) is 30.3 Å². The summed E-state index contributed by atoms with van der Waals surface area (Å²) in [5.74, 6) is -2.24. The van der Waals surface area contributed by atoms with E-state index < -0.39 is 81.7 Å². The number of hydrogen-bond acceptors (Lipinski definition) is 11. The van der Waals surface area contributed by atoms with Crippen LogP contribution in [-0.4, -0.2) is 114 Å². The first kappa shape index (κ1) is 57.5. The van der Waals surface area contributed by atoms with Crippen molar-refractivity contribution < 1.29 is 55.4 Å². The Labute approximate surface area is 447 Å². The minimum Gasteiger partial charge on any atom is -0.480 e. The molecule has 8 aliphatic rings. The predicted molar refractivity (Wildman–Crippen MR) is 286 cm³/mol. The maximum atomic E-state index is 14.2. The highest BCUT2D eigenvalue weighted by Gasteiger charge is 2.71. The summed E-state index contributed by atoms with van der Waals surface area (Å²) in [7, 11) is -6.28. The van der Waals surface area contributed by atoms with E-state index >= 15 is 0 Å². The summed E-state index contributed by atoms with van der Waals surface area (Å²) in [6, 6.07) is 8.03. The highest BCUT2D eigenvalue weighted by atomic mass is 32.2. The zero-order valence-corrected chi connectivity index (χ0v) is 48.3. The fourth-order valence-electron chi connectivity index (χ4n) is 15.7. The summed E-state index contributed by atoms with van der Waals surface area (Å²) in [4.78, 5) is 84.0. The van der Waals surface area contributed by atoms with Crippen LogP contribution < -0.4 is 0 Å². The lowest BCUT2D eigenvalue weighted by atomic mass is 9.66. The molecule has 0 spiro atoms. The van der Waals surface area contributed by atoms with Crippen LogP contribution in [0, 0.1) is 68.0 Å². The van der Waals surface area contributed by atoms with Gasteiger partial charge in [-0.2, -0.15) is 0 Å². The number of aliphatic carboxylic acids is 1. The molecular weight excluding hydrogens is 993 g/mol. The van der Waals surface area contributed by atoms with E-state index in [4.69, 9.17) is 4.74 Å². The van der Waals surface area contributed by atoms with Crippen molar-refractivity contribution in [3.63, 3.8) is 0 Å². The molecule has 1 N–H and O–H groups in total. The number of likely N-dealkylation sites (tertiary alicyclic amines) is 2. The van der Waals surface area contributed by atoms with Crippen molar-refractivity contribution in [1.29, 1.82) is 0 Å². The molecule has 14 nitrogen and oxygen atoms in total. The second-order valence-corrected chi connectivity index (χ2v) is 32.6. The second kappa shape index (κ2) is 20.5. The Morgan fingerprint density at radius 2 is 1.00 bits per heavy atom. The van der Waals surface area contributed by atoms with Gasteiger partial charge in [0.05, 0.1) is 22.0 Å². The molecule has 2 amide bonds. The SMILES string of the molecule is CC(C)(C)[C@H](CC(=O)CC1([C@@H]2CCS2(=O)=O)CCCCC1)C(=O)N1C[C@H]2[C@@H]([C@H]1C(=O)O)C2(C)C.CC(C)(C)[C@H](CC(=O)CC1([C@@H]2CCS2(=O)=O)CCCCC1)C(=O)N1C[C@H]2[C@@H]([C@H]1C(=O)OCc1ccccc1)C2(C)C. The summed E-state index contributed by atoms with van der Waals surface area (Å²) >= 11 is 0. The quantitative estimate of drug-likeness (QED) is 0.154. The molecule has 418 valence electrons. The van der Waals surface area contributed by atoms with Gasteiger partial charge in [0.2, 0.25) is 11.8 Å². The molecule has 0 aromatic heterocycles. The van der Waals surface area contributed by atoms with Crippen molar-refractivity contribution in [2.45, 2.75) is 201 Å². The van der Waals surface area contributed by atoms with Gasteiger partial charge in [0.15, 0.2) is 19.7 Å². The number of ketones is 2. The van der Waals surface area contributed by atoms with E-state index in [9.17, 15) is 50.7 Å². The average Bonchev–Trinajstić information content (AvgIpc) is 3.75. The van der Waals surface area contributed by atoms with Crippen LogP contribution >= 0.6 is 0 Å². The fraction of sp³-hybridized carbons (Fsp3) is 0.797. The molecular formula is C59H88N2O12S2. The molecule has 9 rings (SSSR count). The first-order valence-electron chi connectivity index (χ1n) is 28.3. The van der Waals surface area contributed by atoms with Crippen molar-refractivity contribution >= 4 is 55.0 Å². The van der Waals surface area contributed by atoms with Gasteiger partial charge in [-0.1, -0.05) is 138 Å². The molecule has 0 radical (unpaired) electrons. The summed E-state index contributed by atoms with van der Waals surface area (Å²) in [6.45, 7) is 21.2. The minimum atomic E-state index is -3.15. The number of carbonyl (C=O) groups excluding carboxylic acids is 5. The number of Topliss-reactive ketones (excluding diaryl/α,β-unsaturated/α-hetero) is 2. The van der Waals surface area contributed by atoms with E-state index in [1.54, 1.807) is 4.90 Å². The van der Waals surface area contributed by atoms with Gasteiger partial charge in [-0.15, -0.1) is 0 Å². The number of carboxylic acid groups (broad SMARTS) is 1. The molecule has 16 heteroatoms. The van der Waals surface area contributed by atoms with Gasteiger partial charge in [0.25, 0.3) is 0 Å². The number of hydrogen-bond donors (Lipinski definition) is 1. The number of carbonyl (C=O) groups is 6. The molecule has 0 bridgehead atoms. The van der Waals surface area contributed by atoms with Crippen molar-refractivity contribution in [1.82, 2.24) is 9.80 Å². The zero-order valence-electron chi connectivity index (χ0n) is 46.7. The van der Waals surface area contributed by atoms with Crippen molar-refractivity contribution in [3.8, 4) is 0 Å². The Bertz CT molecular complexity index is 2600. The van der Waals surface area contributed by atoms with Gasteiger partial charge in [-0.3, -0.25) is 19.2 Å². The van der Waals surface area contributed by atoms with Crippen molar-refractivity contribution in [2.75, 3.05) is 24.6 Å². The normalized spacial score (nSPS) is 31.8. The number of amides is 2. The van der Waals surface area contributed by atoms with Crippen molar-refractivity contribution in [3.05, 3.63) is 35.9 Å². The van der Waals surface area contributed by atoms with Crippen LogP contribution in [0.25, 0.3) is 0 Å². The highest BCUT2D eigenvalue weighted by Crippen LogP contribution is 2.66. The third-order valence-corrected chi connectivity index (χ3v) is 25.4. The minimum absolute atomic E-state index is 0.0323. The molecule has 4 heterocycles. The smallest absolute Gasteiger partial charge is 0.329 e. The van der Waals surface area contributed by atoms with Gasteiger partial charge in [0.1, 0.15) is 30.3 Å². The van der Waals surface area contributed by atoms with Crippen LogP contribution in [0.5, 0.6) is 0 Å². The third kappa shape index (κ3) is 11.2. The number of fused-ring (bicyclic) bond motifs is 2. The highest BCUT2D eigenvalue weighted by molar-refractivity contribution is 7.93. The summed E-state index contributed by atoms with van der Waals surface area (Å²) in [5, 5.41) is 9.04. The van der Waals surface area contributed by atoms with Crippen LogP contribution in [0.2, 0.25) is 0 Å². The van der Waals surface area contributed by atoms with E-state index in [-0.39, 0.29) is 108 Å². The van der Waals surface area contributed by atoms with Gasteiger partial charge in [-0.25, -0.2) is 26.4 Å². The third-order valence-electron chi connectivity index (χ3n) is 20.6. The molecule has 4 aliphatic heterocycles. The Balaban J connectivity index is 0.000000203. The number of benzene rings is 1. The van der Waals surface area contributed by atoms with E-state index in [0.717, 1.165) is 69.8 Å². The number of nitrogens with zero attached hydrogens (tertiary/aromatic N) is 2. The Hall–Kier alpha value is -3.66. The molecule has 1 aromatic carbocycles. The summed E-state index contributed by atoms with van der Waals surface area (Å²) in [6.07, 6.45) is 10.7. The first-order chi connectivity index (χ1) is 34.8. The molecule has 1 aromatic rings. The molecule has 0 unspecified atom stereocenters. The average molecular weight is 1080 g/mol. The molecule has 8 fully saturated rings. The lowest BCUT2D eigenvalue weighted by Crippen LogP contribution is -2.52. The van der Waals surface area contributed by atoms with E-state index in [1.807, 2.05) is 71.9 Å². The Kier molecular flexibility index (Phi) is 15.7. The molecule has 4 saturated heterocycles. The topological polar surface area (TPSA) is 207 Å². The van der Waals surface area contributed by atoms with Gasteiger partial charge in [0, 0.05) is 62.4 Å². The second-order valence-electron chi connectivity index (χ2n) is 28.0. The van der Waals surface area contributed by atoms with Crippen molar-refractivity contribution in [2.24, 2.45) is 68.0 Å². The van der Waals surface area contributed by atoms with Crippen LogP contribution in [0.1, 0.15) is 178 Å². The van der Waals surface area contributed by atoms with E-state index in [0.29, 0.717) is 25.9 Å². The molecule has 4 saturated carbocycles. The number of rotatable bonds is 16.